The monoisotopic (exact) mass is 475 g/mol. The van der Waals surface area contributed by atoms with Crippen molar-refractivity contribution in [2.75, 3.05) is 42.9 Å². The Bertz CT molecular complexity index is 993. The van der Waals surface area contributed by atoms with Gasteiger partial charge in [0.15, 0.2) is 0 Å². The second-order valence-corrected chi connectivity index (χ2v) is 10.6. The number of hydrogen-bond acceptors (Lipinski definition) is 4. The number of piperidine rings is 1. The molecule has 0 atom stereocenters. The van der Waals surface area contributed by atoms with Crippen LogP contribution in [0.15, 0.2) is 40.1 Å². The van der Waals surface area contributed by atoms with Gasteiger partial charge in [-0.1, -0.05) is 18.7 Å². The van der Waals surface area contributed by atoms with Crippen LogP contribution in [0, 0.1) is 0 Å². The molecule has 0 unspecified atom stereocenters. The number of halogens is 3. The molecule has 3 heterocycles. The van der Waals surface area contributed by atoms with Gasteiger partial charge < -0.3 is 15.1 Å². The lowest BCUT2D eigenvalue weighted by atomic mass is 9.97. The predicted octanol–water partition coefficient (Wildman–Crippen LogP) is 6.65. The third kappa shape index (κ3) is 4.99. The summed E-state index contributed by atoms with van der Waals surface area (Å²) in [5.41, 5.74) is 3.57. The van der Waals surface area contributed by atoms with Gasteiger partial charge in [0.1, 0.15) is 0 Å². The summed E-state index contributed by atoms with van der Waals surface area (Å²) in [6, 6.07) is 9.36. The van der Waals surface area contributed by atoms with E-state index in [1.807, 2.05) is 0 Å². The normalized spacial score (nSPS) is 19.5. The fraction of sp³-hybridized carbons (Fsp3) is 0.538. The van der Waals surface area contributed by atoms with E-state index in [9.17, 15) is 13.2 Å². The van der Waals surface area contributed by atoms with E-state index in [0.29, 0.717) is 12.1 Å². The number of alkyl halides is 3. The Morgan fingerprint density at radius 3 is 2.45 bits per heavy atom. The molecule has 0 radical (unpaired) electrons. The summed E-state index contributed by atoms with van der Waals surface area (Å²) >= 11 is 1.48. The summed E-state index contributed by atoms with van der Waals surface area (Å²) in [6.45, 7) is 7.46. The molecule has 0 spiro atoms. The highest BCUT2D eigenvalue weighted by molar-refractivity contribution is 7.99. The van der Waals surface area contributed by atoms with Crippen LogP contribution < -0.4 is 10.2 Å². The van der Waals surface area contributed by atoms with E-state index in [2.05, 4.69) is 40.2 Å². The minimum Gasteiger partial charge on any atom is -0.382 e. The molecule has 2 aromatic carbocycles. The molecule has 33 heavy (non-hydrogen) atoms. The first-order valence-electron chi connectivity index (χ1n) is 12.2. The van der Waals surface area contributed by atoms with Gasteiger partial charge in [-0.15, -0.1) is 0 Å². The average Bonchev–Trinajstić information content (AvgIpc) is 3.33. The van der Waals surface area contributed by atoms with Crippen LogP contribution in [0.25, 0.3) is 0 Å². The SMILES string of the molecule is CCCN1CCC(Nc2cc(C(F)(F)F)cc3c2Cc2cc(N4CCCC4)ccc2S3)CC1. The average molecular weight is 476 g/mol. The van der Waals surface area contributed by atoms with Gasteiger partial charge in [-0.05, 0) is 80.1 Å². The van der Waals surface area contributed by atoms with Crippen molar-refractivity contribution in [1.29, 1.82) is 0 Å². The molecule has 0 aliphatic carbocycles. The van der Waals surface area contributed by atoms with Crippen LogP contribution in [-0.4, -0.2) is 43.7 Å². The number of anilines is 2. The molecule has 2 aromatic rings. The lowest BCUT2D eigenvalue weighted by Crippen LogP contribution is -2.39. The molecule has 0 saturated carbocycles. The number of likely N-dealkylation sites (tertiary alicyclic amines) is 1. The van der Waals surface area contributed by atoms with Crippen molar-refractivity contribution in [2.24, 2.45) is 0 Å². The third-order valence-electron chi connectivity index (χ3n) is 7.13. The quantitative estimate of drug-likeness (QED) is 0.445. The van der Waals surface area contributed by atoms with Crippen LogP contribution in [0.3, 0.4) is 0 Å². The smallest absolute Gasteiger partial charge is 0.382 e. The number of rotatable bonds is 5. The van der Waals surface area contributed by atoms with Crippen molar-refractivity contribution in [3.63, 3.8) is 0 Å². The van der Waals surface area contributed by atoms with Gasteiger partial charge in [0, 0.05) is 59.8 Å². The van der Waals surface area contributed by atoms with Crippen LogP contribution in [0.1, 0.15) is 55.7 Å². The standard InChI is InChI=1S/C26H32F3N3S/c1-2-9-31-12-7-20(8-13-31)30-23-16-19(26(27,28)29)17-25-22(23)15-18-14-21(5-6-24(18)33-25)32-10-3-4-11-32/h5-6,14,16-17,20,30H,2-4,7-13,15H2,1H3. The second-order valence-electron chi connectivity index (χ2n) is 9.52. The molecule has 0 amide bonds. The molecule has 1 N–H and O–H groups in total. The highest BCUT2D eigenvalue weighted by Crippen LogP contribution is 2.46. The van der Waals surface area contributed by atoms with Crippen molar-refractivity contribution in [1.82, 2.24) is 4.90 Å². The van der Waals surface area contributed by atoms with Crippen molar-refractivity contribution in [3.05, 3.63) is 47.0 Å². The van der Waals surface area contributed by atoms with E-state index in [0.717, 1.165) is 67.3 Å². The van der Waals surface area contributed by atoms with Gasteiger partial charge in [-0.2, -0.15) is 13.2 Å². The Morgan fingerprint density at radius 1 is 1.00 bits per heavy atom. The summed E-state index contributed by atoms with van der Waals surface area (Å²) in [5.74, 6) is 0. The van der Waals surface area contributed by atoms with Gasteiger partial charge in [-0.25, -0.2) is 0 Å². The molecule has 5 rings (SSSR count). The molecular formula is C26H32F3N3S. The van der Waals surface area contributed by atoms with Crippen LogP contribution in [0.5, 0.6) is 0 Å². The van der Waals surface area contributed by atoms with Crippen molar-refractivity contribution < 1.29 is 13.2 Å². The van der Waals surface area contributed by atoms with Gasteiger partial charge in [-0.3, -0.25) is 0 Å². The van der Waals surface area contributed by atoms with E-state index < -0.39 is 11.7 Å². The van der Waals surface area contributed by atoms with E-state index >= 15 is 0 Å². The first-order valence-corrected chi connectivity index (χ1v) is 13.0. The van der Waals surface area contributed by atoms with E-state index in [1.54, 1.807) is 0 Å². The van der Waals surface area contributed by atoms with E-state index in [1.165, 1.54) is 48.0 Å². The fourth-order valence-electron chi connectivity index (χ4n) is 5.33. The zero-order chi connectivity index (χ0) is 23.0. The first kappa shape index (κ1) is 22.9. The highest BCUT2D eigenvalue weighted by Gasteiger charge is 2.34. The Kier molecular flexibility index (Phi) is 6.54. The summed E-state index contributed by atoms with van der Waals surface area (Å²) < 4.78 is 41.2. The zero-order valence-corrected chi connectivity index (χ0v) is 20.0. The minimum absolute atomic E-state index is 0.216. The van der Waals surface area contributed by atoms with Gasteiger partial charge in [0.2, 0.25) is 0 Å². The lowest BCUT2D eigenvalue weighted by molar-refractivity contribution is -0.137. The van der Waals surface area contributed by atoms with Gasteiger partial charge >= 0.3 is 6.18 Å². The van der Waals surface area contributed by atoms with Crippen LogP contribution in [0.2, 0.25) is 0 Å². The Morgan fingerprint density at radius 2 is 1.76 bits per heavy atom. The molecule has 7 heteroatoms. The highest BCUT2D eigenvalue weighted by atomic mass is 32.2. The minimum atomic E-state index is -4.35. The zero-order valence-electron chi connectivity index (χ0n) is 19.2. The second kappa shape index (κ2) is 9.41. The van der Waals surface area contributed by atoms with E-state index in [-0.39, 0.29) is 6.04 Å². The van der Waals surface area contributed by atoms with Crippen molar-refractivity contribution in [2.45, 2.75) is 67.5 Å². The maximum absolute atomic E-state index is 13.7. The fourth-order valence-corrected chi connectivity index (χ4v) is 6.46. The maximum atomic E-state index is 13.7. The Balaban J connectivity index is 1.42. The summed E-state index contributed by atoms with van der Waals surface area (Å²) in [7, 11) is 0. The molecule has 0 bridgehead atoms. The van der Waals surface area contributed by atoms with E-state index in [4.69, 9.17) is 0 Å². The van der Waals surface area contributed by atoms with Crippen molar-refractivity contribution >= 4 is 23.1 Å². The lowest BCUT2D eigenvalue weighted by Gasteiger charge is -2.34. The molecular weight excluding hydrogens is 443 g/mol. The first-order chi connectivity index (χ1) is 15.9. The number of fused-ring (bicyclic) bond motifs is 2. The molecule has 3 aliphatic rings. The third-order valence-corrected chi connectivity index (χ3v) is 8.33. The maximum Gasteiger partial charge on any atom is 0.416 e. The molecule has 2 fully saturated rings. The number of nitrogens with zero attached hydrogens (tertiary/aromatic N) is 2. The summed E-state index contributed by atoms with van der Waals surface area (Å²) in [4.78, 5) is 6.67. The molecule has 0 aromatic heterocycles. The number of benzene rings is 2. The molecule has 178 valence electrons. The molecule has 2 saturated heterocycles. The summed E-state index contributed by atoms with van der Waals surface area (Å²) in [6.07, 6.45) is 1.84. The Labute approximate surface area is 198 Å². The number of nitrogens with one attached hydrogen (secondary N) is 1. The topological polar surface area (TPSA) is 18.5 Å². The van der Waals surface area contributed by atoms with Crippen LogP contribution >= 0.6 is 11.8 Å². The molecule has 3 nitrogen and oxygen atoms in total. The van der Waals surface area contributed by atoms with Crippen LogP contribution in [-0.2, 0) is 12.6 Å². The number of hydrogen-bond donors (Lipinski definition) is 1. The molecule has 3 aliphatic heterocycles. The van der Waals surface area contributed by atoms with Gasteiger partial charge in [0.05, 0.1) is 5.56 Å². The Hall–Kier alpha value is -1.86. The largest absolute Gasteiger partial charge is 0.416 e. The van der Waals surface area contributed by atoms with Gasteiger partial charge in [0.25, 0.3) is 0 Å². The summed E-state index contributed by atoms with van der Waals surface area (Å²) in [5, 5.41) is 3.53. The van der Waals surface area contributed by atoms with Crippen LogP contribution in [0.4, 0.5) is 24.5 Å². The predicted molar refractivity (Wildman–Crippen MR) is 130 cm³/mol. The van der Waals surface area contributed by atoms with Crippen molar-refractivity contribution in [3.8, 4) is 0 Å².